The van der Waals surface area contributed by atoms with Gasteiger partial charge in [0.2, 0.25) is 11.8 Å². The quantitative estimate of drug-likeness (QED) is 0.745. The minimum absolute atomic E-state index is 0.0447. The standard InChI is InChI=1S/C12H18N2O4/c1-3-9-10(15)13-12(17)14(11(9)16)6-8-4-5-18-7(8)2/h7-9H,3-6H2,1-2H3,(H,13,15,17). The fourth-order valence-electron chi connectivity index (χ4n) is 2.44. The molecule has 0 aliphatic carbocycles. The second-order valence-electron chi connectivity index (χ2n) is 4.83. The molecule has 2 fully saturated rings. The van der Waals surface area contributed by atoms with Crippen molar-refractivity contribution in [3.8, 4) is 0 Å². The first-order valence-corrected chi connectivity index (χ1v) is 6.32. The third-order valence-electron chi connectivity index (χ3n) is 3.71. The molecule has 0 aromatic carbocycles. The Hall–Kier alpha value is -1.43. The van der Waals surface area contributed by atoms with E-state index in [9.17, 15) is 14.4 Å². The molecule has 0 radical (unpaired) electrons. The summed E-state index contributed by atoms with van der Waals surface area (Å²) in [6.07, 6.45) is 1.29. The molecule has 0 saturated carbocycles. The van der Waals surface area contributed by atoms with Crippen molar-refractivity contribution >= 4 is 17.8 Å². The van der Waals surface area contributed by atoms with Gasteiger partial charge in [0, 0.05) is 19.1 Å². The van der Waals surface area contributed by atoms with Crippen molar-refractivity contribution < 1.29 is 19.1 Å². The lowest BCUT2D eigenvalue weighted by Crippen LogP contribution is -2.58. The second-order valence-corrected chi connectivity index (χ2v) is 4.83. The number of imide groups is 2. The molecule has 2 rings (SSSR count). The molecule has 6 heteroatoms. The van der Waals surface area contributed by atoms with Crippen LogP contribution in [0.3, 0.4) is 0 Å². The Labute approximate surface area is 106 Å². The van der Waals surface area contributed by atoms with Crippen LogP contribution in [0.5, 0.6) is 0 Å². The van der Waals surface area contributed by atoms with Gasteiger partial charge in [-0.25, -0.2) is 4.79 Å². The van der Waals surface area contributed by atoms with Crippen LogP contribution in [0.1, 0.15) is 26.7 Å². The molecular weight excluding hydrogens is 236 g/mol. The first-order valence-electron chi connectivity index (χ1n) is 6.32. The Morgan fingerprint density at radius 3 is 2.67 bits per heavy atom. The summed E-state index contributed by atoms with van der Waals surface area (Å²) < 4.78 is 5.42. The number of amides is 4. The number of rotatable bonds is 3. The topological polar surface area (TPSA) is 75.7 Å². The molecule has 0 bridgehead atoms. The molecule has 6 nitrogen and oxygen atoms in total. The molecule has 4 amide bonds. The average molecular weight is 254 g/mol. The van der Waals surface area contributed by atoms with Crippen molar-refractivity contribution in [3.05, 3.63) is 0 Å². The van der Waals surface area contributed by atoms with Gasteiger partial charge in [-0.1, -0.05) is 6.92 Å². The lowest BCUT2D eigenvalue weighted by molar-refractivity contribution is -0.143. The molecule has 100 valence electrons. The summed E-state index contributed by atoms with van der Waals surface area (Å²) in [6.45, 7) is 4.69. The molecule has 2 aliphatic heterocycles. The summed E-state index contributed by atoms with van der Waals surface area (Å²) in [6, 6.07) is -0.603. The van der Waals surface area contributed by atoms with Crippen LogP contribution in [-0.4, -0.2) is 42.0 Å². The van der Waals surface area contributed by atoms with E-state index in [4.69, 9.17) is 4.74 Å². The number of carbonyl (C=O) groups excluding carboxylic acids is 3. The van der Waals surface area contributed by atoms with Crippen LogP contribution in [0.4, 0.5) is 4.79 Å². The zero-order valence-electron chi connectivity index (χ0n) is 10.6. The van der Waals surface area contributed by atoms with E-state index in [-0.39, 0.29) is 17.9 Å². The Kier molecular flexibility index (Phi) is 3.65. The Balaban J connectivity index is 2.08. The summed E-state index contributed by atoms with van der Waals surface area (Å²) in [5.41, 5.74) is 0. The van der Waals surface area contributed by atoms with Crippen LogP contribution < -0.4 is 5.32 Å². The molecule has 3 unspecified atom stereocenters. The summed E-state index contributed by atoms with van der Waals surface area (Å²) in [7, 11) is 0. The maximum atomic E-state index is 12.1. The number of nitrogens with one attached hydrogen (secondary N) is 1. The van der Waals surface area contributed by atoms with Gasteiger partial charge in [0.05, 0.1) is 6.10 Å². The molecule has 3 atom stereocenters. The van der Waals surface area contributed by atoms with Crippen molar-refractivity contribution in [2.75, 3.05) is 13.2 Å². The van der Waals surface area contributed by atoms with Gasteiger partial charge in [0.25, 0.3) is 0 Å². The number of urea groups is 1. The van der Waals surface area contributed by atoms with Crippen LogP contribution >= 0.6 is 0 Å². The summed E-state index contributed by atoms with van der Waals surface area (Å²) in [5, 5.41) is 2.24. The van der Waals surface area contributed by atoms with E-state index < -0.39 is 17.9 Å². The summed E-state index contributed by atoms with van der Waals surface area (Å²) in [5.74, 6) is -1.45. The maximum absolute atomic E-state index is 12.1. The van der Waals surface area contributed by atoms with Crippen molar-refractivity contribution in [2.24, 2.45) is 11.8 Å². The van der Waals surface area contributed by atoms with E-state index in [1.807, 2.05) is 6.92 Å². The first kappa shape index (κ1) is 13.0. The second kappa shape index (κ2) is 5.06. The molecule has 18 heavy (non-hydrogen) atoms. The number of hydrogen-bond donors (Lipinski definition) is 1. The lowest BCUT2D eigenvalue weighted by Gasteiger charge is -2.31. The minimum atomic E-state index is -0.736. The molecule has 2 heterocycles. The third-order valence-corrected chi connectivity index (χ3v) is 3.71. The number of ether oxygens (including phenoxy) is 1. The molecule has 0 aromatic rings. The molecular formula is C12H18N2O4. The van der Waals surface area contributed by atoms with E-state index >= 15 is 0 Å². The van der Waals surface area contributed by atoms with Gasteiger partial charge < -0.3 is 4.74 Å². The maximum Gasteiger partial charge on any atom is 0.330 e. The van der Waals surface area contributed by atoms with Crippen LogP contribution in [0.15, 0.2) is 0 Å². The van der Waals surface area contributed by atoms with Crippen LogP contribution in [-0.2, 0) is 14.3 Å². The number of barbiturate groups is 1. The van der Waals surface area contributed by atoms with E-state index in [2.05, 4.69) is 5.32 Å². The number of hydrogen-bond acceptors (Lipinski definition) is 4. The molecule has 0 spiro atoms. The van der Waals surface area contributed by atoms with Gasteiger partial charge in [-0.05, 0) is 19.8 Å². The number of nitrogens with zero attached hydrogens (tertiary/aromatic N) is 1. The van der Waals surface area contributed by atoms with Crippen molar-refractivity contribution in [3.63, 3.8) is 0 Å². The largest absolute Gasteiger partial charge is 0.378 e. The highest BCUT2D eigenvalue weighted by molar-refractivity contribution is 6.16. The monoisotopic (exact) mass is 254 g/mol. The smallest absolute Gasteiger partial charge is 0.330 e. The predicted molar refractivity (Wildman–Crippen MR) is 62.6 cm³/mol. The van der Waals surface area contributed by atoms with Gasteiger partial charge in [0.15, 0.2) is 0 Å². The van der Waals surface area contributed by atoms with Gasteiger partial charge in [0.1, 0.15) is 5.92 Å². The van der Waals surface area contributed by atoms with E-state index in [0.717, 1.165) is 11.3 Å². The Bertz CT molecular complexity index is 382. The first-order chi connectivity index (χ1) is 8.54. The lowest BCUT2D eigenvalue weighted by atomic mass is 9.98. The van der Waals surface area contributed by atoms with Crippen LogP contribution in [0.25, 0.3) is 0 Å². The third kappa shape index (κ3) is 2.25. The predicted octanol–water partition coefficient (Wildman–Crippen LogP) is 0.516. The van der Waals surface area contributed by atoms with E-state index in [1.165, 1.54) is 0 Å². The van der Waals surface area contributed by atoms with Gasteiger partial charge >= 0.3 is 6.03 Å². The van der Waals surface area contributed by atoms with Crippen molar-refractivity contribution in [1.29, 1.82) is 0 Å². The summed E-state index contributed by atoms with van der Waals surface area (Å²) >= 11 is 0. The van der Waals surface area contributed by atoms with Crippen LogP contribution in [0.2, 0.25) is 0 Å². The van der Waals surface area contributed by atoms with E-state index in [1.54, 1.807) is 6.92 Å². The van der Waals surface area contributed by atoms with Crippen LogP contribution in [0, 0.1) is 11.8 Å². The highest BCUT2D eigenvalue weighted by atomic mass is 16.5. The molecule has 1 N–H and O–H groups in total. The molecule has 2 saturated heterocycles. The van der Waals surface area contributed by atoms with Gasteiger partial charge in [-0.15, -0.1) is 0 Å². The fourth-order valence-corrected chi connectivity index (χ4v) is 2.44. The van der Waals surface area contributed by atoms with E-state index in [0.29, 0.717) is 19.6 Å². The Morgan fingerprint density at radius 2 is 2.11 bits per heavy atom. The van der Waals surface area contributed by atoms with Gasteiger partial charge in [-0.3, -0.25) is 19.8 Å². The molecule has 2 aliphatic rings. The fraction of sp³-hybridized carbons (Fsp3) is 0.750. The summed E-state index contributed by atoms with van der Waals surface area (Å²) in [4.78, 5) is 36.4. The van der Waals surface area contributed by atoms with Gasteiger partial charge in [-0.2, -0.15) is 0 Å². The highest BCUT2D eigenvalue weighted by Gasteiger charge is 2.41. The Morgan fingerprint density at radius 1 is 1.39 bits per heavy atom. The number of carbonyl (C=O) groups is 3. The zero-order chi connectivity index (χ0) is 13.3. The average Bonchev–Trinajstić information content (AvgIpc) is 2.70. The molecule has 0 aromatic heterocycles. The normalized spacial score (nSPS) is 32.9. The minimum Gasteiger partial charge on any atom is -0.378 e. The van der Waals surface area contributed by atoms with Crippen molar-refractivity contribution in [1.82, 2.24) is 10.2 Å². The SMILES string of the molecule is CCC1C(=O)NC(=O)N(CC2CCOC2C)C1=O. The zero-order valence-corrected chi connectivity index (χ0v) is 10.6. The highest BCUT2D eigenvalue weighted by Crippen LogP contribution is 2.23. The van der Waals surface area contributed by atoms with Crippen molar-refractivity contribution in [2.45, 2.75) is 32.8 Å².